The van der Waals surface area contributed by atoms with E-state index in [2.05, 4.69) is 49.3 Å². The lowest BCUT2D eigenvalue weighted by Gasteiger charge is -2.23. The summed E-state index contributed by atoms with van der Waals surface area (Å²) in [7, 11) is 1.53. The molecule has 0 aliphatic heterocycles. The summed E-state index contributed by atoms with van der Waals surface area (Å²) in [6.07, 6.45) is 5.56. The van der Waals surface area contributed by atoms with Crippen molar-refractivity contribution in [3.8, 4) is 0 Å². The van der Waals surface area contributed by atoms with Crippen LogP contribution in [0.25, 0.3) is 0 Å². The molecule has 3 unspecified atom stereocenters. The van der Waals surface area contributed by atoms with Crippen molar-refractivity contribution >= 4 is 41.6 Å². The van der Waals surface area contributed by atoms with Gasteiger partial charge in [-0.05, 0) is 62.8 Å². The van der Waals surface area contributed by atoms with Crippen LogP contribution < -0.4 is 10.6 Å². The highest BCUT2D eigenvalue weighted by molar-refractivity contribution is 7.99. The number of hydrogen-bond acceptors (Lipinski definition) is 10. The van der Waals surface area contributed by atoms with Gasteiger partial charge in [0.05, 0.1) is 18.5 Å². The third-order valence-corrected chi connectivity index (χ3v) is 8.22. The first-order valence-electron chi connectivity index (χ1n) is 18.4. The molecule has 12 nitrogen and oxygen atoms in total. The monoisotopic (exact) mass is 817 g/mol. The second-order valence-corrected chi connectivity index (χ2v) is 13.7. The van der Waals surface area contributed by atoms with E-state index < -0.39 is 47.8 Å². The number of halogens is 3. The van der Waals surface area contributed by atoms with Crippen LogP contribution in [0, 0.1) is 23.4 Å². The first kappa shape index (κ1) is 53.6. The van der Waals surface area contributed by atoms with Crippen molar-refractivity contribution in [2.24, 2.45) is 5.92 Å². The zero-order valence-corrected chi connectivity index (χ0v) is 35.2. The molecule has 1 aromatic carbocycles. The highest BCUT2D eigenvalue weighted by Crippen LogP contribution is 2.17. The first-order chi connectivity index (χ1) is 26.3. The van der Waals surface area contributed by atoms with Crippen molar-refractivity contribution in [3.63, 3.8) is 0 Å². The third kappa shape index (κ3) is 28.0. The quantitative estimate of drug-likeness (QED) is 0.0231. The van der Waals surface area contributed by atoms with Crippen LogP contribution in [0.2, 0.25) is 0 Å². The Balaban J connectivity index is 0. The Labute approximate surface area is 335 Å². The number of thioether (sulfide) groups is 1. The number of allylic oxidation sites excluding steroid dienone is 3. The molecule has 0 fully saturated rings. The smallest absolute Gasteiger partial charge is 0.410 e. The van der Waals surface area contributed by atoms with Crippen LogP contribution in [-0.4, -0.2) is 91.4 Å². The van der Waals surface area contributed by atoms with E-state index in [4.69, 9.17) is 14.2 Å². The van der Waals surface area contributed by atoms with Crippen molar-refractivity contribution in [2.45, 2.75) is 106 Å². The van der Waals surface area contributed by atoms with Gasteiger partial charge in [0.1, 0.15) is 11.6 Å². The minimum Gasteiger partial charge on any atom is -0.491 e. The molecule has 0 radical (unpaired) electrons. The van der Waals surface area contributed by atoms with E-state index in [1.165, 1.54) is 37.6 Å². The normalized spacial score (nSPS) is 12.2. The molecule has 3 atom stereocenters. The maximum absolute atomic E-state index is 14.2. The van der Waals surface area contributed by atoms with Gasteiger partial charge in [-0.2, -0.15) is 11.8 Å². The maximum Gasteiger partial charge on any atom is 0.410 e. The molecule has 16 heteroatoms. The predicted octanol–water partition coefficient (Wildman–Crippen LogP) is 7.41. The number of nitrogens with zero attached hydrogens (tertiary/aromatic N) is 1. The van der Waals surface area contributed by atoms with Crippen LogP contribution >= 0.6 is 11.8 Å². The summed E-state index contributed by atoms with van der Waals surface area (Å²) < 4.78 is 60.8. The molecule has 2 N–H and O–H groups in total. The number of carbonyl (C=O) groups excluding carboxylic acids is 5. The highest BCUT2D eigenvalue weighted by atomic mass is 32.2. The molecular formula is C40H62F3N3O9S. The first-order valence-corrected chi connectivity index (χ1v) is 19.6. The van der Waals surface area contributed by atoms with Crippen LogP contribution in [0.1, 0.15) is 86.6 Å². The van der Waals surface area contributed by atoms with Crippen LogP contribution in [0.5, 0.6) is 0 Å². The summed E-state index contributed by atoms with van der Waals surface area (Å²) in [5, 5.41) is 5.18. The van der Waals surface area contributed by atoms with Gasteiger partial charge in [0, 0.05) is 65.2 Å². The van der Waals surface area contributed by atoms with Gasteiger partial charge in [-0.15, -0.1) is 6.58 Å². The van der Waals surface area contributed by atoms with Crippen LogP contribution in [-0.2, 0) is 44.5 Å². The van der Waals surface area contributed by atoms with Gasteiger partial charge in [0.15, 0.2) is 11.6 Å². The SMILES string of the molecule is C=CC/C=C(\C=C)OC(C)C(C)C.CCCCNC(=O)CSCCN(C)C(=O)CC(Cc1cc(F)c(F)cc1F)NC(=O)OC(C)OC(C)=O.CCOC(C)=O. The molecule has 0 bridgehead atoms. The topological polar surface area (TPSA) is 150 Å². The molecule has 0 heterocycles. The fourth-order valence-corrected chi connectivity index (χ4v) is 4.85. The molecule has 0 spiro atoms. The Kier molecular flexibility index (Phi) is 30.4. The zero-order chi connectivity index (χ0) is 43.2. The lowest BCUT2D eigenvalue weighted by molar-refractivity contribution is -0.162. The molecule has 0 saturated heterocycles. The number of benzene rings is 1. The molecular weight excluding hydrogens is 756 g/mol. The van der Waals surface area contributed by atoms with E-state index in [0.717, 1.165) is 31.9 Å². The number of nitrogens with one attached hydrogen (secondary N) is 2. The summed E-state index contributed by atoms with van der Waals surface area (Å²) in [5.41, 5.74) is -0.252. The summed E-state index contributed by atoms with van der Waals surface area (Å²) in [4.78, 5) is 59.0. The van der Waals surface area contributed by atoms with Crippen molar-refractivity contribution < 1.29 is 56.1 Å². The maximum atomic E-state index is 14.2. The zero-order valence-electron chi connectivity index (χ0n) is 34.3. The average molecular weight is 818 g/mol. The molecule has 1 rings (SSSR count). The number of esters is 2. The molecule has 0 aromatic heterocycles. The van der Waals surface area contributed by atoms with Gasteiger partial charge in [-0.1, -0.05) is 39.8 Å². The van der Waals surface area contributed by atoms with Crippen LogP contribution in [0.15, 0.2) is 49.3 Å². The highest BCUT2D eigenvalue weighted by Gasteiger charge is 2.24. The Morgan fingerprint density at radius 2 is 1.57 bits per heavy atom. The summed E-state index contributed by atoms with van der Waals surface area (Å²) >= 11 is 1.35. The lowest BCUT2D eigenvalue weighted by atomic mass is 10.0. The third-order valence-electron chi connectivity index (χ3n) is 7.28. The van der Waals surface area contributed by atoms with E-state index in [9.17, 15) is 37.1 Å². The largest absolute Gasteiger partial charge is 0.491 e. The number of rotatable bonds is 22. The minimum absolute atomic E-state index is 0.0910. The minimum atomic E-state index is -1.37. The molecule has 0 aliphatic rings. The number of hydrogen-bond donors (Lipinski definition) is 2. The summed E-state index contributed by atoms with van der Waals surface area (Å²) in [6, 6.07) is -0.0158. The van der Waals surface area contributed by atoms with E-state index in [-0.39, 0.29) is 42.1 Å². The number of alkyl carbamates (subject to hydrolysis) is 1. The average Bonchev–Trinajstić information content (AvgIpc) is 3.10. The second kappa shape index (κ2) is 31.7. The van der Waals surface area contributed by atoms with E-state index in [1.807, 2.05) is 19.1 Å². The standard InChI is InChI=1S/C24H34F3N3O6S.C12H20O.C4H8O2/c1-5-6-7-28-22(32)14-37-9-8-30(4)23(33)12-18(29-24(34)36-16(3)35-15(2)31)10-17-11-20(26)21(27)13-19(17)25;1-6-8-9-12(7-2)13-11(5)10(3)4;1-3-6-4(2)5/h11,13,16,18H,5-10,12,14H2,1-4H3,(H,28,32)(H,29,34);6-7,9-11H,1-2,8H2,3-5H3;3H2,1-2H3/b;12-9+;. The van der Waals surface area contributed by atoms with E-state index >= 15 is 0 Å². The number of ether oxygens (including phenoxy) is 4. The number of carbonyl (C=O) groups is 5. The van der Waals surface area contributed by atoms with Crippen molar-refractivity contribution in [3.05, 3.63) is 72.3 Å². The van der Waals surface area contributed by atoms with Crippen LogP contribution in [0.4, 0.5) is 18.0 Å². The Morgan fingerprint density at radius 1 is 0.929 bits per heavy atom. The van der Waals surface area contributed by atoms with Gasteiger partial charge in [0.2, 0.25) is 18.1 Å². The molecule has 318 valence electrons. The number of amides is 3. The lowest BCUT2D eigenvalue weighted by Crippen LogP contribution is -2.43. The Morgan fingerprint density at radius 3 is 2.09 bits per heavy atom. The van der Waals surface area contributed by atoms with E-state index in [1.54, 1.807) is 13.0 Å². The summed E-state index contributed by atoms with van der Waals surface area (Å²) in [5.74, 6) is -3.01. The van der Waals surface area contributed by atoms with Gasteiger partial charge in [0.25, 0.3) is 0 Å². The Hall–Kier alpha value is -4.47. The molecule has 56 heavy (non-hydrogen) atoms. The fourth-order valence-electron chi connectivity index (χ4n) is 4.02. The predicted molar refractivity (Wildman–Crippen MR) is 213 cm³/mol. The van der Waals surface area contributed by atoms with Gasteiger partial charge in [-0.25, -0.2) is 18.0 Å². The number of unbranched alkanes of at least 4 members (excludes halogenated alkanes) is 1. The van der Waals surface area contributed by atoms with Crippen molar-refractivity contribution in [1.82, 2.24) is 15.5 Å². The van der Waals surface area contributed by atoms with Crippen molar-refractivity contribution in [2.75, 3.05) is 38.2 Å². The van der Waals surface area contributed by atoms with Crippen LogP contribution in [0.3, 0.4) is 0 Å². The molecule has 3 amide bonds. The van der Waals surface area contributed by atoms with Crippen molar-refractivity contribution in [1.29, 1.82) is 0 Å². The van der Waals surface area contributed by atoms with E-state index in [0.29, 0.717) is 43.5 Å². The fraction of sp³-hybridized carbons (Fsp3) is 0.575. The van der Waals surface area contributed by atoms with Gasteiger partial charge in [-0.3, -0.25) is 19.2 Å². The Bertz CT molecular complexity index is 1410. The molecule has 0 saturated carbocycles. The molecule has 1 aromatic rings. The summed E-state index contributed by atoms with van der Waals surface area (Å²) in [6.45, 7) is 22.7. The molecule has 0 aliphatic carbocycles. The second-order valence-electron chi connectivity index (χ2n) is 12.6. The van der Waals surface area contributed by atoms with Gasteiger partial charge >= 0.3 is 18.0 Å². The van der Waals surface area contributed by atoms with Gasteiger partial charge < -0.3 is 34.5 Å².